The van der Waals surface area contributed by atoms with Gasteiger partial charge in [-0.25, -0.2) is 18.7 Å². The average Bonchev–Trinajstić information content (AvgIpc) is 2.66. The van der Waals surface area contributed by atoms with Crippen molar-refractivity contribution in [2.45, 2.75) is 90.0 Å². The Morgan fingerprint density at radius 2 is 1.71 bits per heavy atom. The Bertz CT molecular complexity index is 536. The normalized spacial score (nSPS) is 18.3. The van der Waals surface area contributed by atoms with E-state index in [4.69, 9.17) is 0 Å². The van der Waals surface area contributed by atoms with E-state index in [1.54, 1.807) is 12.4 Å². The summed E-state index contributed by atoms with van der Waals surface area (Å²) in [5.41, 5.74) is 0.923. The molecule has 1 saturated heterocycles. The van der Waals surface area contributed by atoms with E-state index in [0.29, 0.717) is 25.3 Å². The van der Waals surface area contributed by atoms with Crippen molar-refractivity contribution >= 4 is 0 Å². The van der Waals surface area contributed by atoms with Crippen LogP contribution in [0.25, 0.3) is 0 Å². The van der Waals surface area contributed by atoms with E-state index < -0.39 is 5.92 Å². The Labute approximate surface area is 169 Å². The Morgan fingerprint density at radius 3 is 2.36 bits per heavy atom. The van der Waals surface area contributed by atoms with Crippen LogP contribution in [0.4, 0.5) is 8.78 Å². The van der Waals surface area contributed by atoms with Gasteiger partial charge in [-0.05, 0) is 32.9 Å². The second-order valence-corrected chi connectivity index (χ2v) is 8.19. The highest BCUT2D eigenvalue weighted by Gasteiger charge is 2.38. The lowest BCUT2D eigenvalue weighted by molar-refractivity contribution is -0.0753. The zero-order valence-electron chi connectivity index (χ0n) is 17.7. The number of rotatable bonds is 13. The maximum Gasteiger partial charge on any atom is 0.260 e. The molecule has 1 N–H and O–H groups in total. The monoisotopic (exact) mass is 396 g/mol. The molecule has 0 aliphatic carbocycles. The van der Waals surface area contributed by atoms with Crippen LogP contribution in [0.1, 0.15) is 88.6 Å². The predicted octanol–water partition coefficient (Wildman–Crippen LogP) is 5.29. The smallest absolute Gasteiger partial charge is 0.260 e. The fourth-order valence-electron chi connectivity index (χ4n) is 3.92. The zero-order chi connectivity index (χ0) is 20.2. The number of halogens is 2. The van der Waals surface area contributed by atoms with Crippen LogP contribution in [0.2, 0.25) is 0 Å². The lowest BCUT2D eigenvalue weighted by Crippen LogP contribution is -2.47. The molecule has 1 aliphatic heterocycles. The van der Waals surface area contributed by atoms with Gasteiger partial charge in [-0.15, -0.1) is 0 Å². The van der Waals surface area contributed by atoms with Gasteiger partial charge in [0.05, 0.1) is 12.6 Å². The number of nitrogens with one attached hydrogen (secondary N) is 1. The zero-order valence-corrected chi connectivity index (χ0v) is 17.7. The van der Waals surface area contributed by atoms with Gasteiger partial charge in [0.1, 0.15) is 5.82 Å². The van der Waals surface area contributed by atoms with Crippen molar-refractivity contribution in [1.82, 2.24) is 20.2 Å². The number of hydrogen-bond acceptors (Lipinski definition) is 4. The van der Waals surface area contributed by atoms with Gasteiger partial charge in [0.15, 0.2) is 0 Å². The molecule has 0 bridgehead atoms. The van der Waals surface area contributed by atoms with Crippen LogP contribution in [0.15, 0.2) is 12.4 Å². The summed E-state index contributed by atoms with van der Waals surface area (Å²) in [6.07, 6.45) is 14.4. The molecule has 1 aromatic rings. The molecule has 1 aromatic heterocycles. The minimum Gasteiger partial charge on any atom is -0.315 e. The van der Waals surface area contributed by atoms with Crippen molar-refractivity contribution in [2.75, 3.05) is 26.2 Å². The van der Waals surface area contributed by atoms with Gasteiger partial charge in [-0.1, -0.05) is 51.9 Å². The summed E-state index contributed by atoms with van der Waals surface area (Å²) < 4.78 is 27.9. The van der Waals surface area contributed by atoms with Gasteiger partial charge in [0, 0.05) is 30.9 Å². The fraction of sp³-hybridized carbons (Fsp3) is 0.818. The molecule has 2 rings (SSSR count). The van der Waals surface area contributed by atoms with E-state index in [1.165, 1.54) is 44.9 Å². The Balaban J connectivity index is 1.76. The van der Waals surface area contributed by atoms with Gasteiger partial charge in [0.2, 0.25) is 0 Å². The van der Waals surface area contributed by atoms with E-state index in [2.05, 4.69) is 22.2 Å². The molecule has 0 aromatic carbocycles. The number of alkyl halides is 2. The van der Waals surface area contributed by atoms with Crippen LogP contribution in [0.3, 0.4) is 0 Å². The van der Waals surface area contributed by atoms with Crippen LogP contribution in [0.5, 0.6) is 0 Å². The number of hydrogen-bond donors (Lipinski definition) is 1. The summed E-state index contributed by atoms with van der Waals surface area (Å²) in [4.78, 5) is 10.5. The fourth-order valence-corrected chi connectivity index (χ4v) is 3.92. The van der Waals surface area contributed by atoms with E-state index in [9.17, 15) is 8.78 Å². The molecular formula is C22H38F2N4. The molecular weight excluding hydrogens is 358 g/mol. The summed E-state index contributed by atoms with van der Waals surface area (Å²) >= 11 is 0. The van der Waals surface area contributed by atoms with Gasteiger partial charge in [-0.3, -0.25) is 4.90 Å². The molecule has 0 saturated carbocycles. The van der Waals surface area contributed by atoms with Gasteiger partial charge >= 0.3 is 0 Å². The van der Waals surface area contributed by atoms with Crippen molar-refractivity contribution < 1.29 is 8.78 Å². The summed E-state index contributed by atoms with van der Waals surface area (Å²) in [6.45, 7) is 6.21. The number of aryl methyl sites for hydroxylation is 1. The largest absolute Gasteiger partial charge is 0.315 e. The highest BCUT2D eigenvalue weighted by atomic mass is 19.3. The number of aromatic nitrogens is 2. The van der Waals surface area contributed by atoms with Crippen molar-refractivity contribution in [3.8, 4) is 0 Å². The molecule has 28 heavy (non-hydrogen) atoms. The first kappa shape index (κ1) is 23.1. The molecule has 4 nitrogen and oxygen atoms in total. The average molecular weight is 397 g/mol. The third-order valence-electron chi connectivity index (χ3n) is 5.59. The summed E-state index contributed by atoms with van der Waals surface area (Å²) in [5.74, 6) is -1.89. The van der Waals surface area contributed by atoms with E-state index in [0.717, 1.165) is 18.5 Å². The summed E-state index contributed by atoms with van der Waals surface area (Å²) in [5, 5.41) is 3.49. The van der Waals surface area contributed by atoms with Crippen molar-refractivity contribution in [3.63, 3.8) is 0 Å². The second-order valence-electron chi connectivity index (χ2n) is 8.19. The van der Waals surface area contributed by atoms with E-state index in [1.807, 2.05) is 11.8 Å². The molecule has 1 fully saturated rings. The standard InChI is InChI=1S/C22H38F2N4/c1-3-4-5-6-7-8-9-10-13-25-17-21(20-15-26-19(2)27-16-20)28-14-11-12-22(23,24)18-28/h15-16,21,25H,3-14,17-18H2,1-2H3. The quantitative estimate of drug-likeness (QED) is 0.460. The lowest BCUT2D eigenvalue weighted by atomic mass is 10.0. The first-order chi connectivity index (χ1) is 13.5. The summed E-state index contributed by atoms with van der Waals surface area (Å²) in [6, 6.07) is -0.0965. The number of piperidine rings is 1. The van der Waals surface area contributed by atoms with Crippen LogP contribution >= 0.6 is 0 Å². The van der Waals surface area contributed by atoms with Gasteiger partial charge < -0.3 is 5.32 Å². The Kier molecular flexibility index (Phi) is 10.3. The predicted molar refractivity (Wildman–Crippen MR) is 111 cm³/mol. The number of unbranched alkanes of at least 4 members (excludes halogenated alkanes) is 7. The van der Waals surface area contributed by atoms with E-state index >= 15 is 0 Å². The molecule has 0 spiro atoms. The topological polar surface area (TPSA) is 41.1 Å². The van der Waals surface area contributed by atoms with Crippen LogP contribution in [-0.4, -0.2) is 47.0 Å². The molecule has 0 amide bonds. The SMILES string of the molecule is CCCCCCCCCCNCC(c1cnc(C)nc1)N1CCCC(F)(F)C1. The summed E-state index contributed by atoms with van der Waals surface area (Å²) in [7, 11) is 0. The van der Waals surface area contributed by atoms with E-state index in [-0.39, 0.29) is 19.0 Å². The second kappa shape index (κ2) is 12.4. The third kappa shape index (κ3) is 8.48. The van der Waals surface area contributed by atoms with Gasteiger partial charge in [0.25, 0.3) is 5.92 Å². The number of nitrogens with zero attached hydrogens (tertiary/aromatic N) is 3. The molecule has 1 atom stereocenters. The van der Waals surface area contributed by atoms with Crippen LogP contribution in [-0.2, 0) is 0 Å². The van der Waals surface area contributed by atoms with Crippen molar-refractivity contribution in [2.24, 2.45) is 0 Å². The number of likely N-dealkylation sites (tertiary alicyclic amines) is 1. The molecule has 6 heteroatoms. The Hall–Kier alpha value is -1.14. The highest BCUT2D eigenvalue weighted by molar-refractivity contribution is 5.12. The lowest BCUT2D eigenvalue weighted by Gasteiger charge is -2.38. The third-order valence-corrected chi connectivity index (χ3v) is 5.59. The maximum atomic E-state index is 13.9. The molecule has 1 unspecified atom stereocenters. The Morgan fingerprint density at radius 1 is 1.07 bits per heavy atom. The van der Waals surface area contributed by atoms with Gasteiger partial charge in [-0.2, -0.15) is 0 Å². The molecule has 160 valence electrons. The molecule has 0 radical (unpaired) electrons. The molecule has 1 aliphatic rings. The minimum absolute atomic E-state index is 0.00764. The molecule has 2 heterocycles. The van der Waals surface area contributed by atoms with Crippen LogP contribution in [0, 0.1) is 6.92 Å². The van der Waals surface area contributed by atoms with Crippen molar-refractivity contribution in [3.05, 3.63) is 23.8 Å². The van der Waals surface area contributed by atoms with Crippen LogP contribution < -0.4 is 5.32 Å². The first-order valence-electron chi connectivity index (χ1n) is 11.1. The maximum absolute atomic E-state index is 13.9. The highest BCUT2D eigenvalue weighted by Crippen LogP contribution is 2.31. The first-order valence-corrected chi connectivity index (χ1v) is 11.1. The minimum atomic E-state index is -2.60. The van der Waals surface area contributed by atoms with Crippen molar-refractivity contribution in [1.29, 1.82) is 0 Å².